The zero-order chi connectivity index (χ0) is 20.2. The lowest BCUT2D eigenvalue weighted by molar-refractivity contribution is -2.00. The molecule has 2 aromatic carbocycles. The molecule has 0 saturated carbocycles. The van der Waals surface area contributed by atoms with Gasteiger partial charge >= 0.3 is 5.82 Å². The lowest BCUT2D eigenvalue weighted by Crippen LogP contribution is -2.68. The summed E-state index contributed by atoms with van der Waals surface area (Å²) < 4.78 is 51.4. The lowest BCUT2D eigenvalue weighted by atomic mass is 10.1. The number of hydrogen-bond donors (Lipinski definition) is 0. The second-order valence-electron chi connectivity index (χ2n) is 6.65. The van der Waals surface area contributed by atoms with E-state index in [1.807, 2.05) is 52.0 Å². The average Bonchev–Trinajstić information content (AvgIpc) is 3.00. The predicted octanol–water partition coefficient (Wildman–Crippen LogP) is -1.04. The minimum Gasteiger partial charge on any atom is -0.222 e. The zero-order valence-electron chi connectivity index (χ0n) is 15.0. The fraction of sp³-hybridized carbons (Fsp3) is 0.222. The van der Waals surface area contributed by atoms with Crippen LogP contribution in [0.3, 0.4) is 0 Å². The van der Waals surface area contributed by atoms with Gasteiger partial charge in [0.25, 0.3) is 0 Å². The molecule has 0 spiro atoms. The summed E-state index contributed by atoms with van der Waals surface area (Å²) in [7, 11) is -4.94. The number of rotatable bonds is 2. The highest BCUT2D eigenvalue weighted by molar-refractivity contribution is 5.51. The summed E-state index contributed by atoms with van der Waals surface area (Å²) in [6.07, 6.45) is 1.91. The molecule has 3 rings (SSSR count). The van der Waals surface area contributed by atoms with Gasteiger partial charge in [-0.1, -0.05) is 24.3 Å². The maximum atomic E-state index is 13.6. The first kappa shape index (κ1) is 20.9. The van der Waals surface area contributed by atoms with E-state index < -0.39 is 10.2 Å². The molecule has 0 bridgehead atoms. The van der Waals surface area contributed by atoms with E-state index in [0.717, 1.165) is 17.1 Å². The molecule has 0 fully saturated rings. The second-order valence-corrected chi connectivity index (χ2v) is 7.40. The fourth-order valence-corrected chi connectivity index (χ4v) is 2.26. The molecule has 0 atom stereocenters. The molecular formula is C18H19ClFN3O4. The van der Waals surface area contributed by atoms with Gasteiger partial charge in [0.2, 0.25) is 6.33 Å². The maximum absolute atomic E-state index is 13.6. The number of benzene rings is 2. The van der Waals surface area contributed by atoms with E-state index in [4.69, 9.17) is 23.7 Å². The van der Waals surface area contributed by atoms with Gasteiger partial charge in [-0.25, -0.2) is 23.0 Å². The van der Waals surface area contributed by atoms with Gasteiger partial charge in [-0.15, -0.1) is 14.9 Å². The van der Waals surface area contributed by atoms with Crippen molar-refractivity contribution in [3.05, 3.63) is 66.7 Å². The number of hydrogen-bond acceptors (Lipinski definition) is 5. The summed E-state index contributed by atoms with van der Waals surface area (Å²) in [5.74, 6) is 0.536. The standard InChI is InChI=1S/C18H19FN3.ClHO4/c1-18(2,3)22-13-21(16-11-7-10-15(19)12-16)17(20-22)14-8-5-4-6-9-14;2-1(3,4)5/h4-13H,1-3H3;(H,2,3,4,5)/q+1;/p-1. The van der Waals surface area contributed by atoms with E-state index in [2.05, 4.69) is 20.8 Å². The van der Waals surface area contributed by atoms with Crippen LogP contribution in [0, 0.1) is 16.1 Å². The monoisotopic (exact) mass is 395 g/mol. The minimum absolute atomic E-state index is 0.151. The second kappa shape index (κ2) is 8.12. The van der Waals surface area contributed by atoms with E-state index >= 15 is 0 Å². The quantitative estimate of drug-likeness (QED) is 0.514. The van der Waals surface area contributed by atoms with Crippen LogP contribution in [-0.2, 0) is 5.54 Å². The van der Waals surface area contributed by atoms with Crippen molar-refractivity contribution in [2.45, 2.75) is 26.3 Å². The molecule has 1 aromatic heterocycles. The van der Waals surface area contributed by atoms with Crippen LogP contribution in [0.15, 0.2) is 60.9 Å². The van der Waals surface area contributed by atoms with Gasteiger partial charge in [0.1, 0.15) is 17.0 Å². The summed E-state index contributed by atoms with van der Waals surface area (Å²) in [5, 5.41) is 4.71. The van der Waals surface area contributed by atoms with Crippen molar-refractivity contribution in [3.8, 4) is 17.1 Å². The molecule has 144 valence electrons. The van der Waals surface area contributed by atoms with Crippen LogP contribution in [0.5, 0.6) is 0 Å². The van der Waals surface area contributed by atoms with E-state index in [9.17, 15) is 4.39 Å². The summed E-state index contributed by atoms with van der Waals surface area (Å²) in [5.41, 5.74) is 1.60. The third-order valence-electron chi connectivity index (χ3n) is 3.46. The van der Waals surface area contributed by atoms with Crippen LogP contribution in [0.25, 0.3) is 17.1 Å². The summed E-state index contributed by atoms with van der Waals surface area (Å²) >= 11 is 0. The van der Waals surface area contributed by atoms with Gasteiger partial charge in [-0.05, 0) is 45.0 Å². The predicted molar refractivity (Wildman–Crippen MR) is 84.1 cm³/mol. The number of halogens is 2. The van der Waals surface area contributed by atoms with Crippen LogP contribution >= 0.6 is 0 Å². The number of aromatic nitrogens is 3. The maximum Gasteiger partial charge on any atom is 0.313 e. The average molecular weight is 396 g/mol. The van der Waals surface area contributed by atoms with Crippen molar-refractivity contribution >= 4 is 0 Å². The van der Waals surface area contributed by atoms with Crippen LogP contribution in [0.1, 0.15) is 20.8 Å². The topological polar surface area (TPSA) is 114 Å². The number of nitrogens with zero attached hydrogens (tertiary/aromatic N) is 3. The third kappa shape index (κ3) is 6.38. The van der Waals surface area contributed by atoms with Gasteiger partial charge in [0.15, 0.2) is 0 Å². The first-order valence-corrected chi connectivity index (χ1v) is 9.13. The molecule has 3 aromatic rings. The Labute approximate surface area is 158 Å². The molecule has 9 heteroatoms. The molecule has 0 aliphatic carbocycles. The SMILES string of the molecule is CC(C)(C)n1c[n+](-c2cccc(F)c2)c(-c2ccccc2)n1.[O-][Cl+3]([O-])([O-])[O-]. The molecule has 0 unspecified atom stereocenters. The minimum atomic E-state index is -4.94. The van der Waals surface area contributed by atoms with E-state index in [-0.39, 0.29) is 11.4 Å². The summed E-state index contributed by atoms with van der Waals surface area (Å²) in [4.78, 5) is 0. The van der Waals surface area contributed by atoms with Crippen LogP contribution < -0.4 is 23.2 Å². The Hall–Kier alpha value is -2.36. The van der Waals surface area contributed by atoms with E-state index in [0.29, 0.717) is 0 Å². The Morgan fingerprint density at radius 1 is 0.963 bits per heavy atom. The molecule has 0 amide bonds. The highest BCUT2D eigenvalue weighted by Gasteiger charge is 2.27. The van der Waals surface area contributed by atoms with Crippen molar-refractivity contribution in [3.63, 3.8) is 0 Å². The Bertz CT molecular complexity index is 884. The molecule has 0 N–H and O–H groups in total. The van der Waals surface area contributed by atoms with Crippen molar-refractivity contribution in [1.29, 1.82) is 0 Å². The first-order chi connectivity index (χ1) is 12.4. The van der Waals surface area contributed by atoms with E-state index in [1.165, 1.54) is 12.1 Å². The zero-order valence-corrected chi connectivity index (χ0v) is 15.8. The highest BCUT2D eigenvalue weighted by atomic mass is 35.7. The lowest BCUT2D eigenvalue weighted by Gasteiger charge is -2.17. The molecular weight excluding hydrogens is 377 g/mol. The van der Waals surface area contributed by atoms with Gasteiger partial charge in [0.05, 0.1) is 5.56 Å². The van der Waals surface area contributed by atoms with Crippen LogP contribution in [0.4, 0.5) is 4.39 Å². The Morgan fingerprint density at radius 3 is 2.07 bits per heavy atom. The summed E-state index contributed by atoms with van der Waals surface area (Å²) in [6.45, 7) is 6.26. The van der Waals surface area contributed by atoms with Gasteiger partial charge in [-0.3, -0.25) is 0 Å². The van der Waals surface area contributed by atoms with Crippen molar-refractivity contribution in [1.82, 2.24) is 9.78 Å². The van der Waals surface area contributed by atoms with Gasteiger partial charge in [-0.2, -0.15) is 4.57 Å². The fourth-order valence-electron chi connectivity index (χ4n) is 2.26. The largest absolute Gasteiger partial charge is 0.313 e. The molecule has 1 heterocycles. The van der Waals surface area contributed by atoms with Crippen LogP contribution in [0.2, 0.25) is 0 Å². The van der Waals surface area contributed by atoms with Gasteiger partial charge in [0, 0.05) is 11.2 Å². The highest BCUT2D eigenvalue weighted by Crippen LogP contribution is 2.18. The molecule has 0 aliphatic rings. The third-order valence-corrected chi connectivity index (χ3v) is 3.46. The molecule has 27 heavy (non-hydrogen) atoms. The van der Waals surface area contributed by atoms with Crippen molar-refractivity contribution in [2.24, 2.45) is 0 Å². The Balaban J connectivity index is 0.000000465. The normalized spacial score (nSPS) is 11.7. The van der Waals surface area contributed by atoms with Crippen molar-refractivity contribution in [2.75, 3.05) is 0 Å². The van der Waals surface area contributed by atoms with Gasteiger partial charge < -0.3 is 0 Å². The Morgan fingerprint density at radius 2 is 1.56 bits per heavy atom. The Kier molecular flexibility index (Phi) is 6.30. The van der Waals surface area contributed by atoms with E-state index in [1.54, 1.807) is 6.07 Å². The molecule has 0 radical (unpaired) electrons. The summed E-state index contributed by atoms with van der Waals surface area (Å²) in [6, 6.07) is 16.5. The van der Waals surface area contributed by atoms with Crippen molar-refractivity contribution < 1.29 is 37.8 Å². The first-order valence-electron chi connectivity index (χ1n) is 7.90. The van der Waals surface area contributed by atoms with Crippen LogP contribution in [-0.4, -0.2) is 9.78 Å². The molecule has 0 saturated heterocycles. The smallest absolute Gasteiger partial charge is 0.222 e. The molecule has 0 aliphatic heterocycles. The molecule has 7 nitrogen and oxygen atoms in total.